The van der Waals surface area contributed by atoms with Gasteiger partial charge in [-0.1, -0.05) is 19.9 Å². The highest BCUT2D eigenvalue weighted by molar-refractivity contribution is 5.94. The molecule has 3 rings (SSSR count). The van der Waals surface area contributed by atoms with Gasteiger partial charge in [0.1, 0.15) is 11.6 Å². The molecule has 1 saturated heterocycles. The lowest BCUT2D eigenvalue weighted by Crippen LogP contribution is -2.41. The van der Waals surface area contributed by atoms with Gasteiger partial charge in [0.05, 0.1) is 17.8 Å². The number of rotatable bonds is 7. The zero-order valence-corrected chi connectivity index (χ0v) is 18.7. The lowest BCUT2D eigenvalue weighted by molar-refractivity contribution is -0.122. The third-order valence-corrected chi connectivity index (χ3v) is 5.71. The number of carbonyl (C=O) groups excluding carboxylic acids is 2. The molecule has 1 aromatic carbocycles. The molecule has 31 heavy (non-hydrogen) atoms. The number of nitrogens with one attached hydrogen (secondary N) is 1. The number of nitrogens with zero attached hydrogens (tertiary/aromatic N) is 2. The first-order valence-electron chi connectivity index (χ1n) is 10.8. The third-order valence-electron chi connectivity index (χ3n) is 5.71. The van der Waals surface area contributed by atoms with Crippen LogP contribution in [0, 0.1) is 12.8 Å². The van der Waals surface area contributed by atoms with Gasteiger partial charge in [0.2, 0.25) is 5.91 Å². The molecule has 2 heterocycles. The van der Waals surface area contributed by atoms with Gasteiger partial charge in [-0.3, -0.25) is 9.59 Å². The number of primary amides is 1. The number of amides is 2. The molecule has 166 valence electrons. The van der Waals surface area contributed by atoms with E-state index in [0.29, 0.717) is 23.9 Å². The van der Waals surface area contributed by atoms with E-state index in [-0.39, 0.29) is 17.7 Å². The first kappa shape index (κ1) is 22.6. The van der Waals surface area contributed by atoms with Gasteiger partial charge in [0, 0.05) is 13.1 Å². The largest absolute Gasteiger partial charge is 0.481 e. The van der Waals surface area contributed by atoms with Crippen LogP contribution in [0.5, 0.6) is 5.75 Å². The molecule has 1 fully saturated rings. The molecule has 7 heteroatoms. The van der Waals surface area contributed by atoms with Gasteiger partial charge in [0.15, 0.2) is 6.10 Å². The van der Waals surface area contributed by atoms with E-state index in [1.165, 1.54) is 5.56 Å². The van der Waals surface area contributed by atoms with Crippen molar-refractivity contribution in [1.29, 1.82) is 0 Å². The molecule has 1 aromatic heterocycles. The Labute approximate surface area is 184 Å². The lowest BCUT2D eigenvalue weighted by atomic mass is 9.97. The van der Waals surface area contributed by atoms with E-state index in [1.807, 2.05) is 37.3 Å². The first-order valence-corrected chi connectivity index (χ1v) is 10.8. The average Bonchev–Trinajstić information content (AvgIpc) is 2.74. The summed E-state index contributed by atoms with van der Waals surface area (Å²) in [6.07, 6.45) is 2.69. The van der Waals surface area contributed by atoms with E-state index in [0.717, 1.165) is 30.8 Å². The van der Waals surface area contributed by atoms with Gasteiger partial charge in [-0.05, 0) is 68.0 Å². The number of anilines is 2. The van der Waals surface area contributed by atoms with Gasteiger partial charge in [0.25, 0.3) is 5.91 Å². The molecule has 2 atom stereocenters. The van der Waals surface area contributed by atoms with Crippen LogP contribution in [0.2, 0.25) is 0 Å². The molecule has 0 bridgehead atoms. The minimum absolute atomic E-state index is 0.147. The predicted molar refractivity (Wildman–Crippen MR) is 122 cm³/mol. The molecule has 2 unspecified atom stereocenters. The van der Waals surface area contributed by atoms with Crippen LogP contribution < -0.4 is 20.7 Å². The van der Waals surface area contributed by atoms with Crippen molar-refractivity contribution >= 4 is 23.3 Å². The number of aromatic nitrogens is 1. The fourth-order valence-electron chi connectivity index (χ4n) is 3.94. The Morgan fingerprint density at radius 3 is 2.61 bits per heavy atom. The predicted octanol–water partition coefficient (Wildman–Crippen LogP) is 3.62. The second-order valence-electron chi connectivity index (χ2n) is 8.52. The number of hydrogen-bond acceptors (Lipinski definition) is 5. The molecule has 3 N–H and O–H groups in total. The molecule has 0 aliphatic carbocycles. The van der Waals surface area contributed by atoms with E-state index >= 15 is 0 Å². The van der Waals surface area contributed by atoms with Gasteiger partial charge in [-0.25, -0.2) is 4.98 Å². The second kappa shape index (κ2) is 9.81. The van der Waals surface area contributed by atoms with Crippen molar-refractivity contribution in [3.63, 3.8) is 0 Å². The van der Waals surface area contributed by atoms with Crippen molar-refractivity contribution in [1.82, 2.24) is 4.98 Å². The Bertz CT molecular complexity index is 927. The standard InChI is InChI=1S/C24H32N4O3/c1-15(2)21-9-8-20(12-16(21)3)31-17(4)24(30)27-19-7-10-22(26-13-19)28-11-5-6-18(14-28)23(25)29/h7-10,12-13,15,17-18H,5-6,11,14H2,1-4H3,(H2,25,29)(H,27,30). The highest BCUT2D eigenvalue weighted by atomic mass is 16.5. The summed E-state index contributed by atoms with van der Waals surface area (Å²) in [4.78, 5) is 30.5. The number of carbonyl (C=O) groups is 2. The molecule has 1 aliphatic heterocycles. The highest BCUT2D eigenvalue weighted by Gasteiger charge is 2.24. The molecule has 0 radical (unpaired) electrons. The van der Waals surface area contributed by atoms with E-state index in [9.17, 15) is 9.59 Å². The van der Waals surface area contributed by atoms with E-state index in [4.69, 9.17) is 10.5 Å². The fraction of sp³-hybridized carbons (Fsp3) is 0.458. The Kier molecular flexibility index (Phi) is 7.15. The van der Waals surface area contributed by atoms with Crippen molar-refractivity contribution in [2.75, 3.05) is 23.3 Å². The van der Waals surface area contributed by atoms with Crippen molar-refractivity contribution in [3.8, 4) is 5.75 Å². The molecule has 1 aliphatic rings. The fourth-order valence-corrected chi connectivity index (χ4v) is 3.94. The maximum atomic E-state index is 12.6. The highest BCUT2D eigenvalue weighted by Crippen LogP contribution is 2.25. The molecule has 2 amide bonds. The van der Waals surface area contributed by atoms with Gasteiger partial charge in [-0.2, -0.15) is 0 Å². The number of benzene rings is 1. The molecule has 0 saturated carbocycles. The molecule has 0 spiro atoms. The third kappa shape index (κ3) is 5.75. The molecule has 7 nitrogen and oxygen atoms in total. The SMILES string of the molecule is Cc1cc(OC(C)C(=O)Nc2ccc(N3CCCC(C(N)=O)C3)nc2)ccc1C(C)C. The van der Waals surface area contributed by atoms with Crippen LogP contribution in [0.4, 0.5) is 11.5 Å². The molecular weight excluding hydrogens is 392 g/mol. The lowest BCUT2D eigenvalue weighted by Gasteiger charge is -2.32. The topological polar surface area (TPSA) is 97.5 Å². The summed E-state index contributed by atoms with van der Waals surface area (Å²) in [5, 5.41) is 2.84. The number of pyridine rings is 1. The smallest absolute Gasteiger partial charge is 0.265 e. The summed E-state index contributed by atoms with van der Waals surface area (Å²) in [5.74, 6) is 1.23. The average molecular weight is 425 g/mol. The van der Waals surface area contributed by atoms with Crippen LogP contribution in [0.25, 0.3) is 0 Å². The number of nitrogens with two attached hydrogens (primary N) is 1. The summed E-state index contributed by atoms with van der Waals surface area (Å²) in [6, 6.07) is 9.57. The van der Waals surface area contributed by atoms with Crippen molar-refractivity contribution < 1.29 is 14.3 Å². The number of aryl methyl sites for hydroxylation is 1. The van der Waals surface area contributed by atoms with E-state index in [2.05, 4.69) is 29.0 Å². The van der Waals surface area contributed by atoms with Crippen LogP contribution >= 0.6 is 0 Å². The number of hydrogen-bond donors (Lipinski definition) is 2. The van der Waals surface area contributed by atoms with Gasteiger partial charge in [-0.15, -0.1) is 0 Å². The maximum absolute atomic E-state index is 12.6. The van der Waals surface area contributed by atoms with Gasteiger partial charge >= 0.3 is 0 Å². The minimum atomic E-state index is -0.651. The summed E-state index contributed by atoms with van der Waals surface area (Å²) >= 11 is 0. The van der Waals surface area contributed by atoms with Crippen molar-refractivity contribution in [2.24, 2.45) is 11.7 Å². The minimum Gasteiger partial charge on any atom is -0.481 e. The Hall–Kier alpha value is -3.09. The number of ether oxygens (including phenoxy) is 1. The van der Waals surface area contributed by atoms with Crippen LogP contribution in [-0.4, -0.2) is 36.0 Å². The second-order valence-corrected chi connectivity index (χ2v) is 8.52. The van der Waals surface area contributed by atoms with E-state index < -0.39 is 6.10 Å². The van der Waals surface area contributed by atoms with Gasteiger partial charge < -0.3 is 20.7 Å². The summed E-state index contributed by atoms with van der Waals surface area (Å²) in [6.45, 7) is 9.49. The Balaban J connectivity index is 1.57. The Morgan fingerprint density at radius 1 is 1.23 bits per heavy atom. The zero-order valence-electron chi connectivity index (χ0n) is 18.7. The van der Waals surface area contributed by atoms with Crippen LogP contribution in [0.3, 0.4) is 0 Å². The summed E-state index contributed by atoms with van der Waals surface area (Å²) in [5.41, 5.74) is 8.47. The normalized spacial score (nSPS) is 17.3. The van der Waals surface area contributed by atoms with Crippen LogP contribution in [-0.2, 0) is 9.59 Å². The summed E-state index contributed by atoms with van der Waals surface area (Å²) < 4.78 is 5.83. The van der Waals surface area contributed by atoms with E-state index in [1.54, 1.807) is 13.1 Å². The van der Waals surface area contributed by atoms with Crippen molar-refractivity contribution in [3.05, 3.63) is 47.7 Å². The summed E-state index contributed by atoms with van der Waals surface area (Å²) in [7, 11) is 0. The first-order chi connectivity index (χ1) is 14.7. The van der Waals surface area contributed by atoms with Crippen LogP contribution in [0.15, 0.2) is 36.5 Å². The maximum Gasteiger partial charge on any atom is 0.265 e. The van der Waals surface area contributed by atoms with Crippen molar-refractivity contribution in [2.45, 2.75) is 52.6 Å². The van der Waals surface area contributed by atoms with Crippen LogP contribution in [0.1, 0.15) is 50.7 Å². The molecule has 2 aromatic rings. The Morgan fingerprint density at radius 2 is 2.00 bits per heavy atom. The zero-order chi connectivity index (χ0) is 22.5. The quantitative estimate of drug-likeness (QED) is 0.707. The molecular formula is C24H32N4O3. The monoisotopic (exact) mass is 424 g/mol. The number of piperidine rings is 1.